The molecule has 1 aromatic carbocycles. The lowest BCUT2D eigenvalue weighted by Crippen LogP contribution is -2.38. The van der Waals surface area contributed by atoms with Crippen LogP contribution in [0.15, 0.2) is 36.4 Å². The Bertz CT molecular complexity index is 743. The van der Waals surface area contributed by atoms with Crippen molar-refractivity contribution in [3.8, 4) is 11.4 Å². The molecule has 0 unspecified atom stereocenters. The van der Waals surface area contributed by atoms with Crippen LogP contribution >= 0.6 is 0 Å². The Labute approximate surface area is 136 Å². The number of rotatable bonds is 3. The summed E-state index contributed by atoms with van der Waals surface area (Å²) in [6.45, 7) is 6.83. The zero-order valence-electron chi connectivity index (χ0n) is 14.0. The third-order valence-electron chi connectivity index (χ3n) is 4.20. The minimum Gasteiger partial charge on any atom is -0.328 e. The molecule has 0 fully saturated rings. The summed E-state index contributed by atoms with van der Waals surface area (Å²) < 4.78 is 1.76. The van der Waals surface area contributed by atoms with Crippen LogP contribution in [-0.4, -0.2) is 38.2 Å². The second kappa shape index (κ2) is 5.99. The van der Waals surface area contributed by atoms with Crippen LogP contribution in [0.3, 0.4) is 0 Å². The zero-order chi connectivity index (χ0) is 16.6. The zero-order valence-corrected chi connectivity index (χ0v) is 14.0. The highest BCUT2D eigenvalue weighted by Crippen LogP contribution is 2.22. The van der Waals surface area contributed by atoms with Crippen LogP contribution in [0.25, 0.3) is 11.4 Å². The van der Waals surface area contributed by atoms with Gasteiger partial charge in [-0.2, -0.15) is 5.10 Å². The highest BCUT2D eigenvalue weighted by atomic mass is 16.2. The van der Waals surface area contributed by atoms with Crippen molar-refractivity contribution in [1.29, 1.82) is 0 Å². The highest BCUT2D eigenvalue weighted by Gasteiger charge is 2.27. The van der Waals surface area contributed by atoms with Crippen LogP contribution in [0.5, 0.6) is 0 Å². The average Bonchev–Trinajstić information content (AvgIpc) is 3.13. The van der Waals surface area contributed by atoms with Crippen molar-refractivity contribution in [3.05, 3.63) is 47.8 Å². The van der Waals surface area contributed by atoms with E-state index in [4.69, 9.17) is 0 Å². The molecule has 0 spiro atoms. The van der Waals surface area contributed by atoms with Crippen LogP contribution in [0.1, 0.15) is 30.0 Å². The van der Waals surface area contributed by atoms with Crippen molar-refractivity contribution in [3.63, 3.8) is 0 Å². The standard InChI is InChI=1S/C18H22N4O/c1-12(2)16-6-5-11-22(16)18(23)15-9-7-14(8-10-15)17-19-13(3)20-21(17)4/h5-10,12,16H,11H2,1-4H3/t16-/m0/s1. The molecule has 1 aliphatic rings. The van der Waals surface area contributed by atoms with E-state index in [0.717, 1.165) is 17.2 Å². The Balaban J connectivity index is 1.82. The second-order valence-electron chi connectivity index (χ2n) is 6.30. The molecule has 1 aromatic heterocycles. The number of hydrogen-bond donors (Lipinski definition) is 0. The maximum Gasteiger partial charge on any atom is 0.254 e. The van der Waals surface area contributed by atoms with Crippen LogP contribution in [0.2, 0.25) is 0 Å². The Morgan fingerprint density at radius 3 is 2.52 bits per heavy atom. The molecule has 0 bridgehead atoms. The molecular formula is C18H22N4O. The first-order chi connectivity index (χ1) is 11.0. The van der Waals surface area contributed by atoms with Crippen LogP contribution in [-0.2, 0) is 7.05 Å². The van der Waals surface area contributed by atoms with Crippen LogP contribution in [0, 0.1) is 12.8 Å². The van der Waals surface area contributed by atoms with E-state index in [0.29, 0.717) is 18.0 Å². The largest absolute Gasteiger partial charge is 0.328 e. The molecule has 5 heteroatoms. The highest BCUT2D eigenvalue weighted by molar-refractivity contribution is 5.95. The number of nitrogens with zero attached hydrogens (tertiary/aromatic N) is 4. The van der Waals surface area contributed by atoms with Crippen molar-refractivity contribution in [2.75, 3.05) is 6.54 Å². The number of benzene rings is 1. The molecule has 1 amide bonds. The first kappa shape index (κ1) is 15.5. The number of aryl methyl sites for hydroxylation is 2. The minimum absolute atomic E-state index is 0.0781. The summed E-state index contributed by atoms with van der Waals surface area (Å²) >= 11 is 0. The summed E-state index contributed by atoms with van der Waals surface area (Å²) in [5.74, 6) is 2.04. The summed E-state index contributed by atoms with van der Waals surface area (Å²) in [5, 5.41) is 4.26. The van der Waals surface area contributed by atoms with Gasteiger partial charge in [-0.15, -0.1) is 0 Å². The number of hydrogen-bond acceptors (Lipinski definition) is 3. The van der Waals surface area contributed by atoms with Gasteiger partial charge in [0.25, 0.3) is 5.91 Å². The van der Waals surface area contributed by atoms with Crippen LogP contribution in [0.4, 0.5) is 0 Å². The van der Waals surface area contributed by atoms with E-state index in [1.54, 1.807) is 4.68 Å². The van der Waals surface area contributed by atoms with Crippen molar-refractivity contribution < 1.29 is 4.79 Å². The fourth-order valence-corrected chi connectivity index (χ4v) is 3.03. The van der Waals surface area contributed by atoms with E-state index >= 15 is 0 Å². The molecule has 23 heavy (non-hydrogen) atoms. The lowest BCUT2D eigenvalue weighted by atomic mass is 10.0. The van der Waals surface area contributed by atoms with Crippen molar-refractivity contribution in [2.24, 2.45) is 13.0 Å². The van der Waals surface area contributed by atoms with Crippen molar-refractivity contribution >= 4 is 5.91 Å². The molecule has 0 N–H and O–H groups in total. The molecule has 0 aliphatic carbocycles. The van der Waals surface area contributed by atoms with E-state index in [-0.39, 0.29) is 11.9 Å². The smallest absolute Gasteiger partial charge is 0.254 e. The first-order valence-electron chi connectivity index (χ1n) is 7.93. The monoisotopic (exact) mass is 310 g/mol. The van der Waals surface area contributed by atoms with Gasteiger partial charge in [0.05, 0.1) is 6.04 Å². The van der Waals surface area contributed by atoms with E-state index in [2.05, 4.69) is 36.1 Å². The quantitative estimate of drug-likeness (QED) is 0.819. The SMILES string of the molecule is Cc1nc(-c2ccc(C(=O)N3CC=C[C@H]3C(C)C)cc2)n(C)n1. The van der Waals surface area contributed by atoms with E-state index < -0.39 is 0 Å². The Morgan fingerprint density at radius 2 is 1.96 bits per heavy atom. The van der Waals surface area contributed by atoms with Gasteiger partial charge in [-0.3, -0.25) is 4.79 Å². The predicted molar refractivity (Wildman–Crippen MR) is 90.0 cm³/mol. The van der Waals surface area contributed by atoms with Gasteiger partial charge in [-0.05, 0) is 25.0 Å². The molecule has 0 saturated heterocycles. The molecular weight excluding hydrogens is 288 g/mol. The third kappa shape index (κ3) is 2.91. The Morgan fingerprint density at radius 1 is 1.26 bits per heavy atom. The first-order valence-corrected chi connectivity index (χ1v) is 7.93. The van der Waals surface area contributed by atoms with Gasteiger partial charge in [-0.25, -0.2) is 9.67 Å². The lowest BCUT2D eigenvalue weighted by molar-refractivity contribution is 0.0720. The minimum atomic E-state index is 0.0781. The molecule has 2 heterocycles. The maximum absolute atomic E-state index is 12.7. The molecule has 3 rings (SSSR count). The number of carbonyl (C=O) groups excluding carboxylic acids is 1. The summed E-state index contributed by atoms with van der Waals surface area (Å²) in [4.78, 5) is 19.1. The lowest BCUT2D eigenvalue weighted by Gasteiger charge is -2.27. The van der Waals surface area contributed by atoms with Gasteiger partial charge >= 0.3 is 0 Å². The van der Waals surface area contributed by atoms with Gasteiger partial charge in [0.2, 0.25) is 0 Å². The molecule has 0 radical (unpaired) electrons. The number of carbonyl (C=O) groups is 1. The van der Waals surface area contributed by atoms with E-state index in [9.17, 15) is 4.79 Å². The summed E-state index contributed by atoms with van der Waals surface area (Å²) in [5.41, 5.74) is 1.67. The van der Waals surface area contributed by atoms with E-state index in [1.165, 1.54) is 0 Å². The Kier molecular flexibility index (Phi) is 4.03. The molecule has 2 aromatic rings. The third-order valence-corrected chi connectivity index (χ3v) is 4.20. The number of amides is 1. The summed E-state index contributed by atoms with van der Waals surface area (Å²) in [6, 6.07) is 7.80. The average molecular weight is 310 g/mol. The maximum atomic E-state index is 12.7. The van der Waals surface area contributed by atoms with Gasteiger partial charge in [0, 0.05) is 24.7 Å². The van der Waals surface area contributed by atoms with Crippen molar-refractivity contribution in [1.82, 2.24) is 19.7 Å². The summed E-state index contributed by atoms with van der Waals surface area (Å²) in [7, 11) is 1.87. The molecule has 5 nitrogen and oxygen atoms in total. The molecule has 0 saturated carbocycles. The fraction of sp³-hybridized carbons (Fsp3) is 0.389. The van der Waals surface area contributed by atoms with Crippen molar-refractivity contribution in [2.45, 2.75) is 26.8 Å². The molecule has 120 valence electrons. The molecule has 1 aliphatic heterocycles. The van der Waals surface area contributed by atoms with Gasteiger partial charge in [0.1, 0.15) is 5.82 Å². The number of aromatic nitrogens is 3. The predicted octanol–water partition coefficient (Wildman–Crippen LogP) is 2.83. The normalized spacial score (nSPS) is 17.3. The second-order valence-corrected chi connectivity index (χ2v) is 6.30. The molecule has 1 atom stereocenters. The van der Waals surface area contributed by atoms with Crippen LogP contribution < -0.4 is 0 Å². The topological polar surface area (TPSA) is 51.0 Å². The Hall–Kier alpha value is -2.43. The van der Waals surface area contributed by atoms with Gasteiger partial charge in [0.15, 0.2) is 5.82 Å². The van der Waals surface area contributed by atoms with E-state index in [1.807, 2.05) is 43.1 Å². The van der Waals surface area contributed by atoms with Gasteiger partial charge in [-0.1, -0.05) is 38.1 Å². The fourth-order valence-electron chi connectivity index (χ4n) is 3.03. The van der Waals surface area contributed by atoms with Gasteiger partial charge < -0.3 is 4.90 Å². The summed E-state index contributed by atoms with van der Waals surface area (Å²) in [6.07, 6.45) is 4.19.